The van der Waals surface area contributed by atoms with Crippen LogP contribution >= 0.6 is 27.5 Å². The first-order valence-corrected chi connectivity index (χ1v) is 6.64. The van der Waals surface area contributed by atoms with Crippen molar-refractivity contribution in [1.29, 1.82) is 0 Å². The number of benzene rings is 1. The highest BCUT2D eigenvalue weighted by Gasteiger charge is 2.02. The van der Waals surface area contributed by atoms with Crippen LogP contribution < -0.4 is 5.32 Å². The van der Waals surface area contributed by atoms with Crippen molar-refractivity contribution >= 4 is 32.6 Å². The Kier molecular flexibility index (Phi) is 4.47. The van der Waals surface area contributed by atoms with E-state index in [-0.39, 0.29) is 0 Å². The van der Waals surface area contributed by atoms with Gasteiger partial charge in [0.15, 0.2) is 5.82 Å². The number of nitrogens with one attached hydrogen (secondary N) is 1. The van der Waals surface area contributed by atoms with Crippen LogP contribution in [0.25, 0.3) is 0 Å². The Hall–Kier alpha value is -0.980. The molecule has 0 bridgehead atoms. The quantitative estimate of drug-likeness (QED) is 0.921. The first-order chi connectivity index (χ1) is 8.28. The molecule has 0 radical (unpaired) electrons. The van der Waals surface area contributed by atoms with E-state index in [1.807, 2.05) is 12.1 Å². The van der Waals surface area contributed by atoms with Gasteiger partial charge < -0.3 is 10.1 Å². The predicted molar refractivity (Wildman–Crippen MR) is 72.1 cm³/mol. The minimum absolute atomic E-state index is 0.455. The summed E-state index contributed by atoms with van der Waals surface area (Å²) in [7, 11) is 1.63. The third kappa shape index (κ3) is 3.76. The van der Waals surface area contributed by atoms with Crippen molar-refractivity contribution in [1.82, 2.24) is 9.36 Å². The molecule has 17 heavy (non-hydrogen) atoms. The summed E-state index contributed by atoms with van der Waals surface area (Å²) in [5, 5.41) is 4.05. The Morgan fingerprint density at radius 1 is 1.35 bits per heavy atom. The number of anilines is 1. The summed E-state index contributed by atoms with van der Waals surface area (Å²) in [6.45, 7) is 1.20. The summed E-state index contributed by atoms with van der Waals surface area (Å²) in [4.78, 5) is 4.29. The molecule has 6 heteroatoms. The van der Waals surface area contributed by atoms with Crippen molar-refractivity contribution in [2.45, 2.75) is 13.2 Å². The number of ether oxygens (including phenoxy) is 1. The summed E-state index contributed by atoms with van der Waals surface area (Å²) < 4.78 is 10.2. The van der Waals surface area contributed by atoms with Gasteiger partial charge in [-0.1, -0.05) is 28.1 Å². The zero-order valence-corrected chi connectivity index (χ0v) is 11.7. The number of hydrogen-bond acceptors (Lipinski definition) is 5. The summed E-state index contributed by atoms with van der Waals surface area (Å²) in [6, 6.07) is 8.17. The van der Waals surface area contributed by atoms with E-state index < -0.39 is 0 Å². The molecule has 0 saturated heterocycles. The molecular weight excluding hydrogens is 302 g/mol. The van der Waals surface area contributed by atoms with Crippen molar-refractivity contribution in [2.75, 3.05) is 12.4 Å². The molecule has 0 atom stereocenters. The topological polar surface area (TPSA) is 47.0 Å². The molecule has 1 heterocycles. The SMILES string of the molecule is COCc1nsc(NCc2ccc(Br)cc2)n1. The zero-order chi connectivity index (χ0) is 12.1. The molecule has 0 amide bonds. The van der Waals surface area contributed by atoms with E-state index in [0.717, 1.165) is 22.0 Å². The normalized spacial score (nSPS) is 10.5. The van der Waals surface area contributed by atoms with Crippen LogP contribution in [0.5, 0.6) is 0 Å². The lowest BCUT2D eigenvalue weighted by molar-refractivity contribution is 0.179. The van der Waals surface area contributed by atoms with Gasteiger partial charge in [-0.3, -0.25) is 0 Å². The van der Waals surface area contributed by atoms with Gasteiger partial charge >= 0.3 is 0 Å². The summed E-state index contributed by atoms with van der Waals surface area (Å²) in [6.07, 6.45) is 0. The van der Waals surface area contributed by atoms with Crippen LogP contribution in [0.15, 0.2) is 28.7 Å². The smallest absolute Gasteiger partial charge is 0.202 e. The van der Waals surface area contributed by atoms with Crippen molar-refractivity contribution in [3.8, 4) is 0 Å². The first kappa shape index (κ1) is 12.5. The number of aromatic nitrogens is 2. The average Bonchev–Trinajstić information content (AvgIpc) is 2.77. The molecule has 0 aliphatic heterocycles. The molecular formula is C11H12BrN3OS. The van der Waals surface area contributed by atoms with Gasteiger partial charge in [0.25, 0.3) is 0 Å². The van der Waals surface area contributed by atoms with Crippen LogP contribution in [0.1, 0.15) is 11.4 Å². The molecule has 2 rings (SSSR count). The minimum Gasteiger partial charge on any atom is -0.377 e. The second-order valence-electron chi connectivity index (χ2n) is 3.43. The van der Waals surface area contributed by atoms with Gasteiger partial charge in [-0.2, -0.15) is 4.37 Å². The largest absolute Gasteiger partial charge is 0.377 e. The van der Waals surface area contributed by atoms with Gasteiger partial charge in [-0.05, 0) is 17.7 Å². The Morgan fingerprint density at radius 3 is 2.82 bits per heavy atom. The Balaban J connectivity index is 1.90. The third-order valence-electron chi connectivity index (χ3n) is 2.10. The number of rotatable bonds is 5. The van der Waals surface area contributed by atoms with Crippen molar-refractivity contribution in [3.05, 3.63) is 40.1 Å². The van der Waals surface area contributed by atoms with Gasteiger partial charge in [-0.15, -0.1) is 0 Å². The van der Waals surface area contributed by atoms with Crippen LogP contribution in [-0.4, -0.2) is 16.5 Å². The predicted octanol–water partition coefficient (Wildman–Crippen LogP) is 3.06. The van der Waals surface area contributed by atoms with Crippen molar-refractivity contribution in [2.24, 2.45) is 0 Å². The van der Waals surface area contributed by atoms with Crippen LogP contribution in [-0.2, 0) is 17.9 Å². The van der Waals surface area contributed by atoms with E-state index in [1.165, 1.54) is 17.1 Å². The highest BCUT2D eigenvalue weighted by Crippen LogP contribution is 2.14. The molecule has 4 nitrogen and oxygen atoms in total. The third-order valence-corrected chi connectivity index (χ3v) is 3.34. The number of hydrogen-bond donors (Lipinski definition) is 1. The lowest BCUT2D eigenvalue weighted by atomic mass is 10.2. The fourth-order valence-corrected chi connectivity index (χ4v) is 2.13. The van der Waals surface area contributed by atoms with Crippen molar-refractivity contribution < 1.29 is 4.74 Å². The second kappa shape index (κ2) is 6.09. The van der Waals surface area contributed by atoms with E-state index in [4.69, 9.17) is 4.74 Å². The maximum absolute atomic E-state index is 4.97. The molecule has 1 aromatic carbocycles. The van der Waals surface area contributed by atoms with E-state index in [9.17, 15) is 0 Å². The lowest BCUT2D eigenvalue weighted by Gasteiger charge is -2.02. The van der Waals surface area contributed by atoms with Gasteiger partial charge in [0.05, 0.1) is 0 Å². The van der Waals surface area contributed by atoms with Crippen LogP contribution in [0.2, 0.25) is 0 Å². The Bertz CT molecular complexity index is 472. The molecule has 0 saturated carbocycles. The first-order valence-electron chi connectivity index (χ1n) is 5.08. The highest BCUT2D eigenvalue weighted by atomic mass is 79.9. The summed E-state index contributed by atoms with van der Waals surface area (Å²) in [5.74, 6) is 0.718. The number of methoxy groups -OCH3 is 1. The Labute approximate surface area is 112 Å². The molecule has 0 spiro atoms. The number of nitrogens with zero attached hydrogens (tertiary/aromatic N) is 2. The zero-order valence-electron chi connectivity index (χ0n) is 9.31. The maximum atomic E-state index is 4.97. The maximum Gasteiger partial charge on any atom is 0.202 e. The Morgan fingerprint density at radius 2 is 2.12 bits per heavy atom. The van der Waals surface area contributed by atoms with Crippen LogP contribution in [0, 0.1) is 0 Å². The fraction of sp³-hybridized carbons (Fsp3) is 0.273. The summed E-state index contributed by atoms with van der Waals surface area (Å²) in [5.41, 5.74) is 1.21. The molecule has 0 unspecified atom stereocenters. The van der Waals surface area contributed by atoms with Gasteiger partial charge in [0.1, 0.15) is 6.61 Å². The standard InChI is InChI=1S/C11H12BrN3OS/c1-16-7-10-14-11(17-15-10)13-6-8-2-4-9(12)5-3-8/h2-5H,6-7H2,1H3,(H,13,14,15). The minimum atomic E-state index is 0.455. The monoisotopic (exact) mass is 313 g/mol. The summed E-state index contributed by atoms with van der Waals surface area (Å²) >= 11 is 4.76. The highest BCUT2D eigenvalue weighted by molar-refractivity contribution is 9.10. The van der Waals surface area contributed by atoms with E-state index in [0.29, 0.717) is 6.61 Å². The molecule has 2 aromatic rings. The molecule has 0 aliphatic carbocycles. The molecule has 90 valence electrons. The second-order valence-corrected chi connectivity index (χ2v) is 5.10. The fourth-order valence-electron chi connectivity index (χ4n) is 1.29. The van der Waals surface area contributed by atoms with Gasteiger partial charge in [0.2, 0.25) is 5.13 Å². The van der Waals surface area contributed by atoms with Gasteiger partial charge in [-0.25, -0.2) is 4.98 Å². The molecule has 0 fully saturated rings. The van der Waals surface area contributed by atoms with E-state index in [1.54, 1.807) is 7.11 Å². The average molecular weight is 314 g/mol. The van der Waals surface area contributed by atoms with Gasteiger partial charge in [0, 0.05) is 29.7 Å². The van der Waals surface area contributed by atoms with Crippen LogP contribution in [0.4, 0.5) is 5.13 Å². The lowest BCUT2D eigenvalue weighted by Crippen LogP contribution is -1.99. The molecule has 0 aliphatic rings. The molecule has 1 N–H and O–H groups in total. The molecule has 1 aromatic heterocycles. The van der Waals surface area contributed by atoms with Crippen molar-refractivity contribution in [3.63, 3.8) is 0 Å². The van der Waals surface area contributed by atoms with E-state index in [2.05, 4.69) is 42.7 Å². The number of halogens is 1. The van der Waals surface area contributed by atoms with Crippen LogP contribution in [0.3, 0.4) is 0 Å². The van der Waals surface area contributed by atoms with E-state index >= 15 is 0 Å².